The fourth-order valence-electron chi connectivity index (χ4n) is 2.11. The number of amides is 1. The minimum atomic E-state index is -1.06. The minimum absolute atomic E-state index is 0.336. The maximum Gasteiger partial charge on any atom is 0.283 e. The Hall–Kier alpha value is -2.33. The summed E-state index contributed by atoms with van der Waals surface area (Å²) in [5.74, 6) is 0.715. The maximum atomic E-state index is 12.3. The van der Waals surface area contributed by atoms with E-state index in [4.69, 9.17) is 16.3 Å². The van der Waals surface area contributed by atoms with Crippen molar-refractivity contribution in [3.8, 4) is 5.75 Å². The van der Waals surface area contributed by atoms with Crippen LogP contribution in [0, 0.1) is 0 Å². The highest BCUT2D eigenvalue weighted by atomic mass is 35.5. The van der Waals surface area contributed by atoms with Crippen molar-refractivity contribution in [3.63, 3.8) is 0 Å². The monoisotopic (exact) mass is 358 g/mol. The van der Waals surface area contributed by atoms with Gasteiger partial charge in [-0.1, -0.05) is 49.7 Å². The standard InChI is InChI=1S/C20H23ClN2O2/c1-14(2)16-7-5-15(6-8-16)13-22-23-19(24)20(3,4)25-18-11-9-17(21)10-12-18/h5-14H,1-4H3,(H,23,24). The molecule has 0 aliphatic carbocycles. The Balaban J connectivity index is 1.94. The summed E-state index contributed by atoms with van der Waals surface area (Å²) in [6.07, 6.45) is 1.61. The number of nitrogens with zero attached hydrogens (tertiary/aromatic N) is 1. The SMILES string of the molecule is CC(C)c1ccc(C=NNC(=O)C(C)(C)Oc2ccc(Cl)cc2)cc1. The Bertz CT molecular complexity index is 735. The fourth-order valence-corrected chi connectivity index (χ4v) is 2.24. The van der Waals surface area contributed by atoms with Gasteiger partial charge in [-0.15, -0.1) is 0 Å². The summed E-state index contributed by atoms with van der Waals surface area (Å²) in [5.41, 5.74) is 3.64. The number of nitrogens with one attached hydrogen (secondary N) is 1. The highest BCUT2D eigenvalue weighted by Gasteiger charge is 2.29. The summed E-state index contributed by atoms with van der Waals surface area (Å²) < 4.78 is 5.72. The third-order valence-corrected chi connectivity index (χ3v) is 3.97. The van der Waals surface area contributed by atoms with Gasteiger partial charge in [-0.3, -0.25) is 4.79 Å². The van der Waals surface area contributed by atoms with Crippen LogP contribution in [0.2, 0.25) is 5.02 Å². The molecule has 1 N–H and O–H groups in total. The number of carbonyl (C=O) groups excluding carboxylic acids is 1. The Morgan fingerprint density at radius 3 is 2.28 bits per heavy atom. The van der Waals surface area contributed by atoms with E-state index in [1.165, 1.54) is 5.56 Å². The Morgan fingerprint density at radius 2 is 1.72 bits per heavy atom. The van der Waals surface area contributed by atoms with Gasteiger partial charge in [-0.25, -0.2) is 5.43 Å². The second-order valence-corrected chi connectivity index (χ2v) is 7.02. The van der Waals surface area contributed by atoms with Crippen molar-refractivity contribution < 1.29 is 9.53 Å². The van der Waals surface area contributed by atoms with Gasteiger partial charge in [0, 0.05) is 5.02 Å². The molecule has 2 rings (SSSR count). The van der Waals surface area contributed by atoms with E-state index in [0.717, 1.165) is 5.56 Å². The maximum absolute atomic E-state index is 12.3. The zero-order valence-corrected chi connectivity index (χ0v) is 15.7. The molecule has 0 heterocycles. The fraction of sp³-hybridized carbons (Fsp3) is 0.300. The topological polar surface area (TPSA) is 50.7 Å². The van der Waals surface area contributed by atoms with Gasteiger partial charge in [-0.2, -0.15) is 5.10 Å². The van der Waals surface area contributed by atoms with Crippen molar-refractivity contribution >= 4 is 23.7 Å². The van der Waals surface area contributed by atoms with Crippen molar-refractivity contribution in [3.05, 3.63) is 64.7 Å². The highest BCUT2D eigenvalue weighted by molar-refractivity contribution is 6.30. The molecule has 25 heavy (non-hydrogen) atoms. The lowest BCUT2D eigenvalue weighted by Crippen LogP contribution is -2.44. The van der Waals surface area contributed by atoms with Crippen molar-refractivity contribution in [2.24, 2.45) is 5.10 Å². The van der Waals surface area contributed by atoms with Crippen LogP contribution in [-0.2, 0) is 4.79 Å². The summed E-state index contributed by atoms with van der Waals surface area (Å²) in [6, 6.07) is 14.9. The lowest BCUT2D eigenvalue weighted by atomic mass is 10.0. The summed E-state index contributed by atoms with van der Waals surface area (Å²) in [7, 11) is 0. The van der Waals surface area contributed by atoms with Gasteiger partial charge >= 0.3 is 0 Å². The van der Waals surface area contributed by atoms with E-state index in [-0.39, 0.29) is 5.91 Å². The van der Waals surface area contributed by atoms with E-state index in [2.05, 4.69) is 36.5 Å². The molecule has 0 saturated carbocycles. The molecule has 0 spiro atoms. The van der Waals surface area contributed by atoms with Gasteiger partial charge in [0.1, 0.15) is 5.75 Å². The zero-order chi connectivity index (χ0) is 18.4. The first-order valence-corrected chi connectivity index (χ1v) is 8.54. The molecule has 0 unspecified atom stereocenters. The van der Waals surface area contributed by atoms with E-state index in [9.17, 15) is 4.79 Å². The molecular formula is C20H23ClN2O2. The van der Waals surface area contributed by atoms with E-state index in [0.29, 0.717) is 16.7 Å². The predicted octanol–water partition coefficient (Wildman–Crippen LogP) is 4.77. The number of carbonyl (C=O) groups is 1. The first-order valence-electron chi connectivity index (χ1n) is 8.16. The number of hydrogen-bond donors (Lipinski definition) is 1. The van der Waals surface area contributed by atoms with Crippen LogP contribution in [-0.4, -0.2) is 17.7 Å². The van der Waals surface area contributed by atoms with Crippen molar-refractivity contribution in [2.45, 2.75) is 39.2 Å². The molecule has 4 nitrogen and oxygen atoms in total. The molecule has 1 amide bonds. The quantitative estimate of drug-likeness (QED) is 0.597. The van der Waals surface area contributed by atoms with E-state index in [1.54, 1.807) is 44.3 Å². The average Bonchev–Trinajstić information content (AvgIpc) is 2.57. The second-order valence-electron chi connectivity index (χ2n) is 6.59. The Kier molecular flexibility index (Phi) is 6.21. The van der Waals surface area contributed by atoms with Crippen molar-refractivity contribution in [2.75, 3.05) is 0 Å². The summed E-state index contributed by atoms with van der Waals surface area (Å²) in [4.78, 5) is 12.3. The molecule has 0 aliphatic heterocycles. The average molecular weight is 359 g/mol. The number of hydrazone groups is 1. The first kappa shape index (κ1) is 19.0. The number of rotatable bonds is 6. The lowest BCUT2D eigenvalue weighted by molar-refractivity contribution is -0.134. The molecule has 132 valence electrons. The third kappa shape index (κ3) is 5.61. The van der Waals surface area contributed by atoms with Crippen LogP contribution in [0.4, 0.5) is 0 Å². The molecule has 0 aromatic heterocycles. The molecule has 0 saturated heterocycles. The van der Waals surface area contributed by atoms with E-state index < -0.39 is 5.60 Å². The summed E-state index contributed by atoms with van der Waals surface area (Å²) >= 11 is 5.85. The second kappa shape index (κ2) is 8.17. The molecule has 5 heteroatoms. The first-order chi connectivity index (χ1) is 11.8. The molecule has 0 bridgehead atoms. The minimum Gasteiger partial charge on any atom is -0.478 e. The van der Waals surface area contributed by atoms with Crippen LogP contribution in [0.1, 0.15) is 44.7 Å². The van der Waals surface area contributed by atoms with Gasteiger partial charge in [0.25, 0.3) is 5.91 Å². The van der Waals surface area contributed by atoms with Gasteiger partial charge < -0.3 is 4.74 Å². The van der Waals surface area contributed by atoms with Crippen molar-refractivity contribution in [1.29, 1.82) is 0 Å². The Labute approximate surface area is 153 Å². The van der Waals surface area contributed by atoms with Gasteiger partial charge in [0.15, 0.2) is 5.60 Å². The van der Waals surface area contributed by atoms with Gasteiger partial charge in [0.2, 0.25) is 0 Å². The number of hydrogen-bond acceptors (Lipinski definition) is 3. The number of halogens is 1. The zero-order valence-electron chi connectivity index (χ0n) is 14.9. The van der Waals surface area contributed by atoms with E-state index >= 15 is 0 Å². The Morgan fingerprint density at radius 1 is 1.12 bits per heavy atom. The summed E-state index contributed by atoms with van der Waals surface area (Å²) in [6.45, 7) is 7.66. The molecule has 2 aromatic rings. The number of ether oxygens (including phenoxy) is 1. The summed E-state index contributed by atoms with van der Waals surface area (Å²) in [5, 5.41) is 4.63. The normalized spacial score (nSPS) is 11.8. The molecule has 0 fully saturated rings. The molecule has 0 aliphatic rings. The van der Waals surface area contributed by atoms with Crippen molar-refractivity contribution in [1.82, 2.24) is 5.43 Å². The number of benzene rings is 2. The highest BCUT2D eigenvalue weighted by Crippen LogP contribution is 2.21. The van der Waals surface area contributed by atoms with E-state index in [1.807, 2.05) is 12.1 Å². The van der Waals surface area contributed by atoms with Crippen LogP contribution < -0.4 is 10.2 Å². The molecule has 0 radical (unpaired) electrons. The smallest absolute Gasteiger partial charge is 0.283 e. The van der Waals surface area contributed by atoms with Crippen LogP contribution >= 0.6 is 11.6 Å². The largest absolute Gasteiger partial charge is 0.478 e. The van der Waals surface area contributed by atoms with Crippen LogP contribution in [0.15, 0.2) is 53.6 Å². The molecule has 0 atom stereocenters. The lowest BCUT2D eigenvalue weighted by Gasteiger charge is -2.24. The van der Waals surface area contributed by atoms with Crippen LogP contribution in [0.5, 0.6) is 5.75 Å². The third-order valence-electron chi connectivity index (χ3n) is 3.72. The molecule has 2 aromatic carbocycles. The van der Waals surface area contributed by atoms with Crippen LogP contribution in [0.25, 0.3) is 0 Å². The van der Waals surface area contributed by atoms with Gasteiger partial charge in [0.05, 0.1) is 6.21 Å². The van der Waals surface area contributed by atoms with Crippen LogP contribution in [0.3, 0.4) is 0 Å². The predicted molar refractivity (Wildman–Crippen MR) is 102 cm³/mol. The molecular weight excluding hydrogens is 336 g/mol. The van der Waals surface area contributed by atoms with Gasteiger partial charge in [-0.05, 0) is 55.2 Å².